The highest BCUT2D eigenvalue weighted by molar-refractivity contribution is 6.32. The molecule has 2 aromatic rings. The van der Waals surface area contributed by atoms with Crippen LogP contribution in [0.5, 0.6) is 0 Å². The molecule has 3 N–H and O–H groups in total. The monoisotopic (exact) mass is 328 g/mol. The molecule has 0 aliphatic carbocycles. The zero-order valence-electron chi connectivity index (χ0n) is 12.2. The van der Waals surface area contributed by atoms with E-state index in [0.29, 0.717) is 22.6 Å². The smallest absolute Gasteiger partial charge is 0.323 e. The topological polar surface area (TPSA) is 94.0 Å². The third kappa shape index (κ3) is 4.73. The number of anilines is 3. The number of nitrogens with zero attached hydrogens (tertiary/aromatic N) is 1. The van der Waals surface area contributed by atoms with Gasteiger partial charge in [-0.3, -0.25) is 4.79 Å². The Kier molecular flexibility index (Phi) is 5.18. The van der Waals surface area contributed by atoms with E-state index in [0.717, 1.165) is 0 Å². The Morgan fingerprint density at radius 3 is 2.00 bits per heavy atom. The quantitative estimate of drug-likeness (QED) is 0.799. The number of rotatable bonds is 3. The largest absolute Gasteiger partial charge is 0.326 e. The Morgan fingerprint density at radius 2 is 1.48 bits per heavy atom. The average molecular weight is 329 g/mol. The summed E-state index contributed by atoms with van der Waals surface area (Å²) in [5.41, 5.74) is 2.02. The number of halogens is 1. The van der Waals surface area contributed by atoms with Crippen LogP contribution in [0.4, 0.5) is 21.9 Å². The molecular formula is C16H13ClN4O2. The van der Waals surface area contributed by atoms with Crippen molar-refractivity contribution in [1.29, 1.82) is 5.26 Å². The van der Waals surface area contributed by atoms with E-state index in [1.165, 1.54) is 19.1 Å². The molecule has 0 aromatic heterocycles. The van der Waals surface area contributed by atoms with Gasteiger partial charge in [0.05, 0.1) is 10.6 Å². The standard InChI is InChI=1S/C16H13ClN4O2/c1-10(22)19-12-4-6-13(7-5-12)20-16(23)21-14-3-2-11(9-18)15(17)8-14/h2-8H,1H3,(H,19,22)(H2,20,21,23). The SMILES string of the molecule is CC(=O)Nc1ccc(NC(=O)Nc2ccc(C#N)c(Cl)c2)cc1. The van der Waals surface area contributed by atoms with E-state index in [1.807, 2.05) is 6.07 Å². The summed E-state index contributed by atoms with van der Waals surface area (Å²) >= 11 is 5.90. The van der Waals surface area contributed by atoms with Crippen molar-refractivity contribution in [2.75, 3.05) is 16.0 Å². The highest BCUT2D eigenvalue weighted by Gasteiger charge is 2.06. The highest BCUT2D eigenvalue weighted by Crippen LogP contribution is 2.20. The Hall–Kier alpha value is -3.04. The lowest BCUT2D eigenvalue weighted by atomic mass is 10.2. The van der Waals surface area contributed by atoms with Crippen molar-refractivity contribution in [1.82, 2.24) is 0 Å². The van der Waals surface area contributed by atoms with Gasteiger partial charge in [-0.25, -0.2) is 4.79 Å². The molecule has 0 saturated heterocycles. The van der Waals surface area contributed by atoms with Crippen molar-refractivity contribution in [2.24, 2.45) is 0 Å². The molecule has 6 nitrogen and oxygen atoms in total. The van der Waals surface area contributed by atoms with Crippen LogP contribution in [0.1, 0.15) is 12.5 Å². The van der Waals surface area contributed by atoms with E-state index in [-0.39, 0.29) is 10.9 Å². The third-order valence-electron chi connectivity index (χ3n) is 2.81. The van der Waals surface area contributed by atoms with Crippen LogP contribution in [0.3, 0.4) is 0 Å². The molecule has 2 aromatic carbocycles. The lowest BCUT2D eigenvalue weighted by Crippen LogP contribution is -2.19. The van der Waals surface area contributed by atoms with Gasteiger partial charge in [0.15, 0.2) is 0 Å². The van der Waals surface area contributed by atoms with Gasteiger partial charge in [-0.15, -0.1) is 0 Å². The lowest BCUT2D eigenvalue weighted by Gasteiger charge is -2.09. The summed E-state index contributed by atoms with van der Waals surface area (Å²) in [4.78, 5) is 22.8. The molecule has 7 heteroatoms. The molecule has 0 radical (unpaired) electrons. The number of benzene rings is 2. The van der Waals surface area contributed by atoms with Gasteiger partial charge in [0.1, 0.15) is 6.07 Å². The molecule has 2 rings (SSSR count). The maximum Gasteiger partial charge on any atom is 0.323 e. The van der Waals surface area contributed by atoms with Crippen LogP contribution in [-0.2, 0) is 4.79 Å². The highest BCUT2D eigenvalue weighted by atomic mass is 35.5. The first kappa shape index (κ1) is 16.3. The van der Waals surface area contributed by atoms with Gasteiger partial charge in [-0.05, 0) is 42.5 Å². The molecule has 0 saturated carbocycles. The molecular weight excluding hydrogens is 316 g/mol. The minimum absolute atomic E-state index is 0.166. The summed E-state index contributed by atoms with van der Waals surface area (Å²) < 4.78 is 0. The van der Waals surface area contributed by atoms with Crippen molar-refractivity contribution in [2.45, 2.75) is 6.92 Å². The van der Waals surface area contributed by atoms with Crippen molar-refractivity contribution in [3.8, 4) is 6.07 Å². The number of carbonyl (C=O) groups is 2. The molecule has 0 spiro atoms. The Balaban J connectivity index is 1.98. The predicted molar refractivity (Wildman–Crippen MR) is 89.6 cm³/mol. The molecule has 0 aliphatic heterocycles. The number of amides is 3. The van der Waals surface area contributed by atoms with Gasteiger partial charge >= 0.3 is 6.03 Å². The van der Waals surface area contributed by atoms with Crippen LogP contribution < -0.4 is 16.0 Å². The van der Waals surface area contributed by atoms with Gasteiger partial charge in [-0.2, -0.15) is 5.26 Å². The van der Waals surface area contributed by atoms with Gasteiger partial charge in [0.2, 0.25) is 5.91 Å². The number of hydrogen-bond donors (Lipinski definition) is 3. The van der Waals surface area contributed by atoms with Crippen LogP contribution in [0, 0.1) is 11.3 Å². The molecule has 0 atom stereocenters. The van der Waals surface area contributed by atoms with Crippen molar-refractivity contribution in [3.63, 3.8) is 0 Å². The van der Waals surface area contributed by atoms with E-state index in [4.69, 9.17) is 16.9 Å². The van der Waals surface area contributed by atoms with E-state index in [9.17, 15) is 9.59 Å². The molecule has 3 amide bonds. The number of hydrogen-bond acceptors (Lipinski definition) is 3. The van der Waals surface area contributed by atoms with E-state index < -0.39 is 6.03 Å². The first-order valence-electron chi connectivity index (χ1n) is 6.63. The van der Waals surface area contributed by atoms with Crippen LogP contribution in [0.25, 0.3) is 0 Å². The molecule has 0 heterocycles. The molecule has 0 aliphatic rings. The van der Waals surface area contributed by atoms with Crippen LogP contribution in [0.15, 0.2) is 42.5 Å². The average Bonchev–Trinajstić information content (AvgIpc) is 2.49. The fraction of sp³-hybridized carbons (Fsp3) is 0.0625. The van der Waals surface area contributed by atoms with Crippen LogP contribution in [-0.4, -0.2) is 11.9 Å². The van der Waals surface area contributed by atoms with Gasteiger partial charge in [0.25, 0.3) is 0 Å². The van der Waals surface area contributed by atoms with Crippen molar-refractivity contribution in [3.05, 3.63) is 53.1 Å². The Bertz CT molecular complexity index is 782. The molecule has 23 heavy (non-hydrogen) atoms. The van der Waals surface area contributed by atoms with Gasteiger partial charge in [0, 0.05) is 24.0 Å². The fourth-order valence-corrected chi connectivity index (χ4v) is 2.04. The van der Waals surface area contributed by atoms with Gasteiger partial charge < -0.3 is 16.0 Å². The van der Waals surface area contributed by atoms with Gasteiger partial charge in [-0.1, -0.05) is 11.6 Å². The van der Waals surface area contributed by atoms with Crippen molar-refractivity contribution >= 4 is 40.6 Å². The van der Waals surface area contributed by atoms with Crippen LogP contribution in [0.2, 0.25) is 5.02 Å². The van der Waals surface area contributed by atoms with E-state index in [2.05, 4.69) is 16.0 Å². The lowest BCUT2D eigenvalue weighted by molar-refractivity contribution is -0.114. The number of urea groups is 1. The summed E-state index contributed by atoms with van der Waals surface area (Å²) in [5, 5.41) is 17.0. The second kappa shape index (κ2) is 7.29. The second-order valence-corrected chi connectivity index (χ2v) is 5.05. The number of nitriles is 1. The molecule has 116 valence electrons. The number of carbonyl (C=O) groups excluding carboxylic acids is 2. The Morgan fingerprint density at radius 1 is 0.957 bits per heavy atom. The zero-order valence-corrected chi connectivity index (χ0v) is 12.9. The minimum atomic E-state index is -0.446. The maximum absolute atomic E-state index is 11.9. The minimum Gasteiger partial charge on any atom is -0.326 e. The summed E-state index contributed by atoms with van der Waals surface area (Å²) in [5.74, 6) is -0.166. The first-order chi connectivity index (χ1) is 11.0. The molecule has 0 bridgehead atoms. The normalized spacial score (nSPS) is 9.61. The van der Waals surface area contributed by atoms with E-state index in [1.54, 1.807) is 30.3 Å². The third-order valence-corrected chi connectivity index (χ3v) is 3.12. The first-order valence-corrected chi connectivity index (χ1v) is 7.01. The fourth-order valence-electron chi connectivity index (χ4n) is 1.82. The zero-order chi connectivity index (χ0) is 16.8. The summed E-state index contributed by atoms with van der Waals surface area (Å²) in [7, 11) is 0. The molecule has 0 fully saturated rings. The number of nitrogens with one attached hydrogen (secondary N) is 3. The Labute approximate surface area is 138 Å². The van der Waals surface area contributed by atoms with Crippen LogP contribution >= 0.6 is 11.6 Å². The summed E-state index contributed by atoms with van der Waals surface area (Å²) in [6, 6.07) is 12.8. The maximum atomic E-state index is 11.9. The molecule has 0 unspecified atom stereocenters. The summed E-state index contributed by atoms with van der Waals surface area (Å²) in [6.45, 7) is 1.42. The predicted octanol–water partition coefficient (Wildman–Crippen LogP) is 3.81. The summed E-state index contributed by atoms with van der Waals surface area (Å²) in [6.07, 6.45) is 0. The van der Waals surface area contributed by atoms with Crippen molar-refractivity contribution < 1.29 is 9.59 Å². The van der Waals surface area contributed by atoms with E-state index >= 15 is 0 Å². The second-order valence-electron chi connectivity index (χ2n) is 4.64.